The topological polar surface area (TPSA) is 67.5 Å². The van der Waals surface area contributed by atoms with Crippen molar-refractivity contribution in [1.29, 1.82) is 0 Å². The number of rotatable bonds is 9. The Kier molecular flexibility index (Phi) is 7.59. The second-order valence-corrected chi connectivity index (χ2v) is 5.31. The molecule has 2 atom stereocenters. The van der Waals surface area contributed by atoms with Gasteiger partial charge in [-0.3, -0.25) is 0 Å². The summed E-state index contributed by atoms with van der Waals surface area (Å²) >= 11 is 0. The van der Waals surface area contributed by atoms with Gasteiger partial charge in [0.1, 0.15) is 5.75 Å². The minimum atomic E-state index is 0.0854. The number of hydrogen-bond donors (Lipinski definition) is 3. The monoisotopic (exact) mass is 280 g/mol. The Morgan fingerprint density at radius 2 is 2.10 bits per heavy atom. The maximum absolute atomic E-state index is 9.08. The first-order valence-electron chi connectivity index (χ1n) is 7.44. The van der Waals surface area contributed by atoms with Crippen LogP contribution in [0.5, 0.6) is 5.75 Å². The van der Waals surface area contributed by atoms with Crippen molar-refractivity contribution in [3.8, 4) is 5.75 Å². The van der Waals surface area contributed by atoms with Crippen molar-refractivity contribution >= 4 is 0 Å². The van der Waals surface area contributed by atoms with Gasteiger partial charge in [-0.1, -0.05) is 19.1 Å². The zero-order chi connectivity index (χ0) is 15.0. The molecule has 1 aromatic carbocycles. The number of aliphatic hydroxyl groups is 1. The number of nitrogens with two attached hydrogens (primary N) is 1. The minimum absolute atomic E-state index is 0.0854. The van der Waals surface area contributed by atoms with Crippen LogP contribution in [0.4, 0.5) is 0 Å². The largest absolute Gasteiger partial charge is 0.491 e. The molecular formula is C16H28N2O2. The molecule has 0 spiro atoms. The molecule has 0 radical (unpaired) electrons. The lowest BCUT2D eigenvalue weighted by Gasteiger charge is -2.24. The zero-order valence-electron chi connectivity index (χ0n) is 12.8. The van der Waals surface area contributed by atoms with Crippen molar-refractivity contribution in [2.24, 2.45) is 5.73 Å². The molecule has 0 heterocycles. The third-order valence-electron chi connectivity index (χ3n) is 3.28. The van der Waals surface area contributed by atoms with E-state index in [9.17, 15) is 0 Å². The summed E-state index contributed by atoms with van der Waals surface area (Å²) < 4.78 is 5.72. The molecule has 0 aliphatic rings. The fraction of sp³-hybridized carbons (Fsp3) is 0.625. The zero-order valence-corrected chi connectivity index (χ0v) is 12.8. The number of nitrogens with one attached hydrogen (secondary N) is 1. The van der Waals surface area contributed by atoms with Gasteiger partial charge < -0.3 is 20.9 Å². The van der Waals surface area contributed by atoms with Crippen molar-refractivity contribution in [3.63, 3.8) is 0 Å². The molecule has 0 amide bonds. The normalized spacial score (nSPS) is 14.3. The van der Waals surface area contributed by atoms with Crippen LogP contribution in [0.3, 0.4) is 0 Å². The van der Waals surface area contributed by atoms with Crippen molar-refractivity contribution < 1.29 is 9.84 Å². The van der Waals surface area contributed by atoms with Gasteiger partial charge in [0.05, 0.1) is 6.10 Å². The Balaban J connectivity index is 2.78. The maximum atomic E-state index is 9.08. The van der Waals surface area contributed by atoms with E-state index in [-0.39, 0.29) is 24.8 Å². The van der Waals surface area contributed by atoms with Crippen molar-refractivity contribution in [2.45, 2.75) is 51.8 Å². The van der Waals surface area contributed by atoms with Gasteiger partial charge in [0.15, 0.2) is 0 Å². The van der Waals surface area contributed by atoms with E-state index in [2.05, 4.69) is 18.3 Å². The van der Waals surface area contributed by atoms with Gasteiger partial charge in [0, 0.05) is 25.2 Å². The predicted octanol–water partition coefficient (Wildman–Crippen LogP) is 2.22. The molecule has 0 aliphatic heterocycles. The quantitative estimate of drug-likeness (QED) is 0.649. The fourth-order valence-corrected chi connectivity index (χ4v) is 2.22. The molecule has 0 saturated carbocycles. The average Bonchev–Trinajstić information content (AvgIpc) is 2.43. The Hall–Kier alpha value is -1.10. The minimum Gasteiger partial charge on any atom is -0.491 e. The lowest BCUT2D eigenvalue weighted by atomic mass is 10.0. The lowest BCUT2D eigenvalue weighted by Crippen LogP contribution is -2.37. The van der Waals surface area contributed by atoms with Gasteiger partial charge >= 0.3 is 0 Å². The van der Waals surface area contributed by atoms with Gasteiger partial charge in [-0.25, -0.2) is 0 Å². The van der Waals surface area contributed by atoms with Crippen LogP contribution in [0.2, 0.25) is 0 Å². The van der Waals surface area contributed by atoms with Crippen LogP contribution in [0, 0.1) is 0 Å². The Labute approximate surface area is 122 Å². The second kappa shape index (κ2) is 8.95. The highest BCUT2D eigenvalue weighted by atomic mass is 16.5. The van der Waals surface area contributed by atoms with Crippen molar-refractivity contribution in [3.05, 3.63) is 29.8 Å². The fourth-order valence-electron chi connectivity index (χ4n) is 2.22. The summed E-state index contributed by atoms with van der Waals surface area (Å²) in [4.78, 5) is 0. The number of ether oxygens (including phenoxy) is 1. The number of aliphatic hydroxyl groups excluding tert-OH is 1. The lowest BCUT2D eigenvalue weighted by molar-refractivity contribution is 0.241. The van der Waals surface area contributed by atoms with Crippen LogP contribution in [-0.4, -0.2) is 30.4 Å². The third kappa shape index (κ3) is 5.49. The highest BCUT2D eigenvalue weighted by Gasteiger charge is 2.15. The van der Waals surface area contributed by atoms with E-state index in [0.29, 0.717) is 6.54 Å². The summed E-state index contributed by atoms with van der Waals surface area (Å²) in [5.74, 6) is 0.868. The number of benzene rings is 1. The summed E-state index contributed by atoms with van der Waals surface area (Å²) in [5.41, 5.74) is 7.02. The van der Waals surface area contributed by atoms with E-state index in [1.165, 1.54) is 0 Å². The smallest absolute Gasteiger partial charge is 0.120 e. The number of hydrogen-bond acceptors (Lipinski definition) is 4. The van der Waals surface area contributed by atoms with E-state index < -0.39 is 0 Å². The van der Waals surface area contributed by atoms with Gasteiger partial charge in [-0.05, 0) is 44.4 Å². The van der Waals surface area contributed by atoms with E-state index in [1.807, 2.05) is 32.0 Å². The molecule has 4 heteroatoms. The van der Waals surface area contributed by atoms with Gasteiger partial charge in [0.25, 0.3) is 0 Å². The molecule has 114 valence electrons. The summed E-state index contributed by atoms with van der Waals surface area (Å²) in [6.07, 6.45) is 1.88. The first-order chi connectivity index (χ1) is 9.60. The summed E-state index contributed by atoms with van der Waals surface area (Å²) in [6, 6.07) is 8.41. The molecule has 0 aliphatic carbocycles. The molecule has 0 aromatic heterocycles. The molecule has 4 nitrogen and oxygen atoms in total. The van der Waals surface area contributed by atoms with Crippen LogP contribution < -0.4 is 15.8 Å². The highest BCUT2D eigenvalue weighted by Crippen LogP contribution is 2.21. The second-order valence-electron chi connectivity index (χ2n) is 5.31. The SMILES string of the molecule is CCC(CCO)NC(CN)c1cccc(OC(C)C)c1. The van der Waals surface area contributed by atoms with Crippen LogP contribution in [-0.2, 0) is 0 Å². The molecule has 2 unspecified atom stereocenters. The first-order valence-corrected chi connectivity index (χ1v) is 7.44. The van der Waals surface area contributed by atoms with Crippen LogP contribution in [0.1, 0.15) is 45.2 Å². The molecule has 1 rings (SSSR count). The van der Waals surface area contributed by atoms with Gasteiger partial charge in [-0.15, -0.1) is 0 Å². The van der Waals surface area contributed by atoms with Crippen molar-refractivity contribution in [2.75, 3.05) is 13.2 Å². The highest BCUT2D eigenvalue weighted by molar-refractivity contribution is 5.31. The average molecular weight is 280 g/mol. The van der Waals surface area contributed by atoms with Gasteiger partial charge in [-0.2, -0.15) is 0 Å². The molecule has 0 bridgehead atoms. The Morgan fingerprint density at radius 1 is 1.35 bits per heavy atom. The predicted molar refractivity (Wildman–Crippen MR) is 82.9 cm³/mol. The van der Waals surface area contributed by atoms with Crippen LogP contribution in [0.15, 0.2) is 24.3 Å². The summed E-state index contributed by atoms with van der Waals surface area (Å²) in [5, 5.41) is 12.6. The van der Waals surface area contributed by atoms with Crippen molar-refractivity contribution in [1.82, 2.24) is 5.32 Å². The molecule has 4 N–H and O–H groups in total. The summed E-state index contributed by atoms with van der Waals surface area (Å²) in [6.45, 7) is 6.85. The van der Waals surface area contributed by atoms with E-state index in [4.69, 9.17) is 15.6 Å². The van der Waals surface area contributed by atoms with Gasteiger partial charge in [0.2, 0.25) is 0 Å². The maximum Gasteiger partial charge on any atom is 0.120 e. The Bertz CT molecular complexity index is 382. The molecule has 0 fully saturated rings. The molecule has 20 heavy (non-hydrogen) atoms. The third-order valence-corrected chi connectivity index (χ3v) is 3.28. The summed E-state index contributed by atoms with van der Waals surface area (Å²) in [7, 11) is 0. The molecular weight excluding hydrogens is 252 g/mol. The van der Waals surface area contributed by atoms with Crippen LogP contribution in [0.25, 0.3) is 0 Å². The van der Waals surface area contributed by atoms with E-state index in [0.717, 1.165) is 24.2 Å². The standard InChI is InChI=1S/C16H28N2O2/c1-4-14(8-9-19)18-16(11-17)13-6-5-7-15(10-13)20-12(2)3/h5-7,10,12,14,16,18-19H,4,8-9,11,17H2,1-3H3. The Morgan fingerprint density at radius 3 is 2.65 bits per heavy atom. The van der Waals surface area contributed by atoms with E-state index >= 15 is 0 Å². The molecule has 0 saturated heterocycles. The molecule has 1 aromatic rings. The first kappa shape index (κ1) is 17.0. The van der Waals surface area contributed by atoms with E-state index in [1.54, 1.807) is 0 Å². The van der Waals surface area contributed by atoms with Crippen LogP contribution >= 0.6 is 0 Å².